The molecule has 2 rings (SSSR count). The van der Waals surface area contributed by atoms with Gasteiger partial charge in [0.1, 0.15) is 18.1 Å². The molecule has 21 heavy (non-hydrogen) atoms. The predicted octanol–water partition coefficient (Wildman–Crippen LogP) is 2.69. The predicted molar refractivity (Wildman–Crippen MR) is 70.7 cm³/mol. The number of methoxy groups -OCH3 is 1. The second kappa shape index (κ2) is 7.00. The van der Waals surface area contributed by atoms with Gasteiger partial charge >= 0.3 is 6.18 Å². The molecular formula is C14H18F3NO3. The summed E-state index contributed by atoms with van der Waals surface area (Å²) in [6.45, 7) is -0.291. The number of halogens is 3. The van der Waals surface area contributed by atoms with Gasteiger partial charge in [0.05, 0.1) is 20.3 Å². The smallest absolute Gasteiger partial charge is 0.411 e. The Bertz CT molecular complexity index is 465. The van der Waals surface area contributed by atoms with Crippen LogP contribution >= 0.6 is 0 Å². The fourth-order valence-corrected chi connectivity index (χ4v) is 2.20. The first-order valence-electron chi connectivity index (χ1n) is 6.68. The largest absolute Gasteiger partial charge is 0.497 e. The third kappa shape index (κ3) is 4.78. The number of hydrogen-bond donors (Lipinski definition) is 1. The standard InChI is InChI=1S/C14H18F3NO3/c1-19-10-2-3-13-11(8-10)12(4-6-21-13)18-5-7-20-9-14(15,16)17/h2-3,8,12,18H,4-7,9H2,1H3. The molecule has 1 atom stereocenters. The van der Waals surface area contributed by atoms with Gasteiger partial charge in [-0.3, -0.25) is 0 Å². The van der Waals surface area contributed by atoms with Crippen LogP contribution in [0.25, 0.3) is 0 Å². The van der Waals surface area contributed by atoms with E-state index in [0.29, 0.717) is 13.2 Å². The third-order valence-corrected chi connectivity index (χ3v) is 3.16. The summed E-state index contributed by atoms with van der Waals surface area (Å²) in [7, 11) is 1.58. The molecule has 0 saturated heterocycles. The average Bonchev–Trinajstić information content (AvgIpc) is 2.45. The molecule has 7 heteroatoms. The van der Waals surface area contributed by atoms with Crippen LogP contribution in [0, 0.1) is 0 Å². The summed E-state index contributed by atoms with van der Waals surface area (Å²) < 4.78 is 51.1. The Balaban J connectivity index is 1.85. The number of benzene rings is 1. The molecule has 0 saturated carbocycles. The maximum Gasteiger partial charge on any atom is 0.411 e. The van der Waals surface area contributed by atoms with Gasteiger partial charge in [-0.2, -0.15) is 13.2 Å². The molecule has 1 aromatic carbocycles. The molecule has 1 N–H and O–H groups in total. The number of nitrogens with one attached hydrogen (secondary N) is 1. The third-order valence-electron chi connectivity index (χ3n) is 3.16. The Labute approximate surface area is 121 Å². The number of fused-ring (bicyclic) bond motifs is 1. The zero-order chi connectivity index (χ0) is 15.3. The highest BCUT2D eigenvalue weighted by molar-refractivity contribution is 5.43. The van der Waals surface area contributed by atoms with Gasteiger partial charge in [0.15, 0.2) is 0 Å². The molecule has 1 aliphatic rings. The molecule has 1 aliphatic heterocycles. The molecule has 0 aromatic heterocycles. The number of rotatable bonds is 6. The van der Waals surface area contributed by atoms with Gasteiger partial charge in [-0.1, -0.05) is 0 Å². The van der Waals surface area contributed by atoms with E-state index in [1.807, 2.05) is 18.2 Å². The molecule has 1 heterocycles. The van der Waals surface area contributed by atoms with E-state index in [2.05, 4.69) is 10.1 Å². The second-order valence-electron chi connectivity index (χ2n) is 4.72. The van der Waals surface area contributed by atoms with Crippen LogP contribution in [0.1, 0.15) is 18.0 Å². The lowest BCUT2D eigenvalue weighted by Crippen LogP contribution is -2.30. The van der Waals surface area contributed by atoms with E-state index in [-0.39, 0.29) is 12.6 Å². The monoisotopic (exact) mass is 305 g/mol. The van der Waals surface area contributed by atoms with Crippen LogP contribution in [-0.4, -0.2) is 39.7 Å². The SMILES string of the molecule is COc1ccc2c(c1)C(NCCOCC(F)(F)F)CCO2. The van der Waals surface area contributed by atoms with Crippen molar-refractivity contribution in [2.24, 2.45) is 0 Å². The minimum atomic E-state index is -4.28. The Morgan fingerprint density at radius 1 is 1.38 bits per heavy atom. The molecule has 0 amide bonds. The van der Waals surface area contributed by atoms with E-state index < -0.39 is 12.8 Å². The molecule has 0 aliphatic carbocycles. The number of alkyl halides is 3. The summed E-state index contributed by atoms with van der Waals surface area (Å²) in [6, 6.07) is 5.55. The van der Waals surface area contributed by atoms with Crippen LogP contribution in [0.3, 0.4) is 0 Å². The van der Waals surface area contributed by atoms with E-state index in [1.165, 1.54) is 0 Å². The molecule has 4 nitrogen and oxygen atoms in total. The minimum absolute atomic E-state index is 0.0101. The van der Waals surface area contributed by atoms with Crippen LogP contribution in [0.15, 0.2) is 18.2 Å². The summed E-state index contributed by atoms with van der Waals surface area (Å²) in [5, 5.41) is 3.19. The molecule has 0 bridgehead atoms. The number of ether oxygens (including phenoxy) is 3. The second-order valence-corrected chi connectivity index (χ2v) is 4.72. The summed E-state index contributed by atoms with van der Waals surface area (Å²) in [5.41, 5.74) is 0.955. The maximum atomic E-state index is 11.9. The highest BCUT2D eigenvalue weighted by atomic mass is 19.4. The van der Waals surface area contributed by atoms with Crippen molar-refractivity contribution in [2.45, 2.75) is 18.6 Å². The van der Waals surface area contributed by atoms with Gasteiger partial charge in [-0.25, -0.2) is 0 Å². The Hall–Kier alpha value is -1.47. The fraction of sp³-hybridized carbons (Fsp3) is 0.571. The molecule has 1 unspecified atom stereocenters. The van der Waals surface area contributed by atoms with Crippen molar-refractivity contribution < 1.29 is 27.4 Å². The zero-order valence-corrected chi connectivity index (χ0v) is 11.7. The van der Waals surface area contributed by atoms with Gasteiger partial charge in [0.25, 0.3) is 0 Å². The summed E-state index contributed by atoms with van der Waals surface area (Å²) in [6.07, 6.45) is -3.53. The molecular weight excluding hydrogens is 287 g/mol. The molecule has 0 fully saturated rings. The van der Waals surface area contributed by atoms with Crippen molar-refractivity contribution in [3.63, 3.8) is 0 Å². The van der Waals surface area contributed by atoms with Gasteiger partial charge in [0.2, 0.25) is 0 Å². The van der Waals surface area contributed by atoms with E-state index in [9.17, 15) is 13.2 Å². The van der Waals surface area contributed by atoms with Gasteiger partial charge < -0.3 is 19.5 Å². The molecule has 1 aromatic rings. The summed E-state index contributed by atoms with van der Waals surface area (Å²) in [4.78, 5) is 0. The first-order chi connectivity index (χ1) is 9.99. The van der Waals surface area contributed by atoms with Crippen molar-refractivity contribution >= 4 is 0 Å². The quantitative estimate of drug-likeness (QED) is 0.820. The van der Waals surface area contributed by atoms with Crippen molar-refractivity contribution in [2.75, 3.05) is 33.5 Å². The van der Waals surface area contributed by atoms with Crippen molar-refractivity contribution in [1.29, 1.82) is 0 Å². The first-order valence-corrected chi connectivity index (χ1v) is 6.68. The Morgan fingerprint density at radius 2 is 2.19 bits per heavy atom. The van der Waals surface area contributed by atoms with Crippen molar-refractivity contribution in [1.82, 2.24) is 5.32 Å². The van der Waals surface area contributed by atoms with Crippen LogP contribution in [0.4, 0.5) is 13.2 Å². The first kappa shape index (κ1) is 15.9. The van der Waals surface area contributed by atoms with E-state index in [4.69, 9.17) is 9.47 Å². The van der Waals surface area contributed by atoms with Crippen LogP contribution in [0.2, 0.25) is 0 Å². The Morgan fingerprint density at radius 3 is 2.90 bits per heavy atom. The van der Waals surface area contributed by atoms with Crippen LogP contribution in [0.5, 0.6) is 11.5 Å². The lowest BCUT2D eigenvalue weighted by molar-refractivity contribution is -0.173. The highest BCUT2D eigenvalue weighted by Gasteiger charge is 2.27. The zero-order valence-electron chi connectivity index (χ0n) is 11.7. The number of hydrogen-bond acceptors (Lipinski definition) is 4. The van der Waals surface area contributed by atoms with Crippen molar-refractivity contribution in [3.8, 4) is 11.5 Å². The average molecular weight is 305 g/mol. The summed E-state index contributed by atoms with van der Waals surface area (Å²) in [5.74, 6) is 1.50. The highest BCUT2D eigenvalue weighted by Crippen LogP contribution is 2.34. The molecule has 0 spiro atoms. The topological polar surface area (TPSA) is 39.7 Å². The minimum Gasteiger partial charge on any atom is -0.497 e. The fourth-order valence-electron chi connectivity index (χ4n) is 2.20. The van der Waals surface area contributed by atoms with Crippen LogP contribution in [-0.2, 0) is 4.74 Å². The lowest BCUT2D eigenvalue weighted by Gasteiger charge is -2.27. The summed E-state index contributed by atoms with van der Waals surface area (Å²) >= 11 is 0. The van der Waals surface area contributed by atoms with Gasteiger partial charge in [0, 0.05) is 24.6 Å². The van der Waals surface area contributed by atoms with Gasteiger partial charge in [-0.05, 0) is 18.2 Å². The van der Waals surface area contributed by atoms with Gasteiger partial charge in [-0.15, -0.1) is 0 Å². The van der Waals surface area contributed by atoms with E-state index in [0.717, 1.165) is 23.5 Å². The van der Waals surface area contributed by atoms with Crippen LogP contribution < -0.4 is 14.8 Å². The molecule has 118 valence electrons. The van der Waals surface area contributed by atoms with E-state index >= 15 is 0 Å². The van der Waals surface area contributed by atoms with E-state index in [1.54, 1.807) is 7.11 Å². The van der Waals surface area contributed by atoms with Crippen molar-refractivity contribution in [3.05, 3.63) is 23.8 Å². The lowest BCUT2D eigenvalue weighted by atomic mass is 10.0. The normalized spacial score (nSPS) is 18.0. The maximum absolute atomic E-state index is 11.9. The Kier molecular flexibility index (Phi) is 5.30. The molecule has 0 radical (unpaired) electrons.